The lowest BCUT2D eigenvalue weighted by atomic mass is 9.94. The van der Waals surface area contributed by atoms with E-state index in [9.17, 15) is 9.90 Å². The average Bonchev–Trinajstić information content (AvgIpc) is 3.26. The molecule has 3 aromatic rings. The van der Waals surface area contributed by atoms with Gasteiger partial charge < -0.3 is 14.8 Å². The second kappa shape index (κ2) is 5.66. The highest BCUT2D eigenvalue weighted by Crippen LogP contribution is 2.50. The average molecular weight is 335 g/mol. The van der Waals surface area contributed by atoms with Gasteiger partial charge in [-0.3, -0.25) is 0 Å². The molecule has 1 saturated carbocycles. The van der Waals surface area contributed by atoms with E-state index in [0.29, 0.717) is 5.56 Å². The first-order valence-electron chi connectivity index (χ1n) is 8.51. The molecule has 0 amide bonds. The molecule has 2 aromatic carbocycles. The van der Waals surface area contributed by atoms with E-state index >= 15 is 0 Å². The minimum atomic E-state index is -0.889. The lowest BCUT2D eigenvalue weighted by Crippen LogP contribution is -2.05. The number of benzene rings is 2. The maximum Gasteiger partial charge on any atom is 0.335 e. The third-order valence-electron chi connectivity index (χ3n) is 5.27. The molecule has 0 radical (unpaired) electrons. The SMILES string of the molecule is COc1ccc2c(Cc3cccc(C(=O)O)c3)c(C3(C)CC3)[nH]c2c1. The van der Waals surface area contributed by atoms with Crippen molar-refractivity contribution >= 4 is 16.9 Å². The zero-order chi connectivity index (χ0) is 17.6. The Hall–Kier alpha value is -2.75. The lowest BCUT2D eigenvalue weighted by molar-refractivity contribution is 0.0696. The van der Waals surface area contributed by atoms with E-state index in [1.54, 1.807) is 19.2 Å². The number of nitrogens with one attached hydrogen (secondary N) is 1. The molecule has 0 aliphatic heterocycles. The highest BCUT2D eigenvalue weighted by molar-refractivity contribution is 5.88. The van der Waals surface area contributed by atoms with Gasteiger partial charge in [-0.05, 0) is 54.7 Å². The van der Waals surface area contributed by atoms with Crippen LogP contribution in [0.2, 0.25) is 0 Å². The Balaban J connectivity index is 1.82. The zero-order valence-electron chi connectivity index (χ0n) is 14.4. The van der Waals surface area contributed by atoms with Crippen LogP contribution in [0.1, 0.15) is 46.9 Å². The van der Waals surface area contributed by atoms with Crippen molar-refractivity contribution < 1.29 is 14.6 Å². The molecular weight excluding hydrogens is 314 g/mol. The minimum Gasteiger partial charge on any atom is -0.497 e. The fraction of sp³-hybridized carbons (Fsp3) is 0.286. The molecule has 128 valence electrons. The number of ether oxygens (including phenoxy) is 1. The number of hydrogen-bond acceptors (Lipinski definition) is 2. The van der Waals surface area contributed by atoms with Crippen LogP contribution in [0.15, 0.2) is 42.5 Å². The van der Waals surface area contributed by atoms with Gasteiger partial charge in [0, 0.05) is 28.1 Å². The van der Waals surface area contributed by atoms with Crippen molar-refractivity contribution in [3.63, 3.8) is 0 Å². The molecule has 1 aromatic heterocycles. The predicted octanol–water partition coefficient (Wildman–Crippen LogP) is 4.52. The Morgan fingerprint density at radius 1 is 1.24 bits per heavy atom. The molecule has 1 aliphatic rings. The number of aromatic nitrogens is 1. The van der Waals surface area contributed by atoms with Crippen LogP contribution in [0.25, 0.3) is 10.9 Å². The number of carboxylic acid groups (broad SMARTS) is 1. The third kappa shape index (κ3) is 2.78. The van der Waals surface area contributed by atoms with Crippen molar-refractivity contribution in [2.45, 2.75) is 31.6 Å². The molecule has 0 unspecified atom stereocenters. The van der Waals surface area contributed by atoms with Gasteiger partial charge in [0.2, 0.25) is 0 Å². The molecule has 0 atom stereocenters. The van der Waals surface area contributed by atoms with Gasteiger partial charge in [0.1, 0.15) is 5.75 Å². The maximum absolute atomic E-state index is 11.3. The first kappa shape index (κ1) is 15.8. The number of H-pyrrole nitrogens is 1. The number of hydrogen-bond donors (Lipinski definition) is 2. The molecule has 25 heavy (non-hydrogen) atoms. The van der Waals surface area contributed by atoms with E-state index in [4.69, 9.17) is 4.74 Å². The second-order valence-corrected chi connectivity index (χ2v) is 7.13. The number of aromatic carboxylic acids is 1. The molecule has 0 saturated heterocycles. The summed E-state index contributed by atoms with van der Waals surface area (Å²) >= 11 is 0. The van der Waals surface area contributed by atoms with E-state index in [0.717, 1.165) is 23.3 Å². The normalized spacial score (nSPS) is 15.3. The van der Waals surface area contributed by atoms with Gasteiger partial charge in [0.05, 0.1) is 12.7 Å². The summed E-state index contributed by atoms with van der Waals surface area (Å²) in [6.07, 6.45) is 3.08. The van der Waals surface area contributed by atoms with Gasteiger partial charge in [-0.1, -0.05) is 19.1 Å². The number of carbonyl (C=O) groups is 1. The molecule has 4 nitrogen and oxygen atoms in total. The van der Waals surface area contributed by atoms with Crippen LogP contribution in [0.5, 0.6) is 5.75 Å². The van der Waals surface area contributed by atoms with E-state index in [1.807, 2.05) is 24.3 Å². The molecular formula is C21H21NO3. The van der Waals surface area contributed by atoms with Crippen molar-refractivity contribution in [1.29, 1.82) is 0 Å². The molecule has 1 aliphatic carbocycles. The molecule has 0 bridgehead atoms. The summed E-state index contributed by atoms with van der Waals surface area (Å²) in [7, 11) is 1.67. The van der Waals surface area contributed by atoms with Crippen molar-refractivity contribution in [2.75, 3.05) is 7.11 Å². The summed E-state index contributed by atoms with van der Waals surface area (Å²) in [6, 6.07) is 13.3. The van der Waals surface area contributed by atoms with Crippen LogP contribution in [-0.4, -0.2) is 23.2 Å². The molecule has 4 rings (SSSR count). The fourth-order valence-electron chi connectivity index (χ4n) is 3.52. The second-order valence-electron chi connectivity index (χ2n) is 7.13. The minimum absolute atomic E-state index is 0.200. The number of fused-ring (bicyclic) bond motifs is 1. The summed E-state index contributed by atoms with van der Waals surface area (Å²) in [5, 5.41) is 10.4. The summed E-state index contributed by atoms with van der Waals surface area (Å²) in [4.78, 5) is 14.9. The third-order valence-corrected chi connectivity index (χ3v) is 5.27. The number of aromatic amines is 1. The van der Waals surface area contributed by atoms with Gasteiger partial charge in [-0.2, -0.15) is 0 Å². The monoisotopic (exact) mass is 335 g/mol. The Morgan fingerprint density at radius 2 is 2.04 bits per heavy atom. The summed E-state index contributed by atoms with van der Waals surface area (Å²) < 4.78 is 5.35. The molecule has 1 heterocycles. The Labute approximate surface area is 146 Å². The van der Waals surface area contributed by atoms with Crippen molar-refractivity contribution in [1.82, 2.24) is 4.98 Å². The Kier molecular flexibility index (Phi) is 3.57. The molecule has 4 heteroatoms. The van der Waals surface area contributed by atoms with Gasteiger partial charge in [-0.25, -0.2) is 4.79 Å². The van der Waals surface area contributed by atoms with E-state index in [1.165, 1.54) is 29.5 Å². The summed E-state index contributed by atoms with van der Waals surface area (Å²) in [5.41, 5.74) is 5.16. The molecule has 2 N–H and O–H groups in total. The van der Waals surface area contributed by atoms with E-state index in [-0.39, 0.29) is 5.41 Å². The lowest BCUT2D eigenvalue weighted by Gasteiger charge is -2.11. The standard InChI is InChI=1S/C21H21NO3/c1-21(8-9-21)19-17(11-13-4-3-5-14(10-13)20(23)24)16-7-6-15(25-2)12-18(16)22-19/h3-7,10,12,22H,8-9,11H2,1-2H3,(H,23,24). The largest absolute Gasteiger partial charge is 0.497 e. The Bertz CT molecular complexity index is 966. The molecule has 1 fully saturated rings. The first-order chi connectivity index (χ1) is 12.0. The topological polar surface area (TPSA) is 62.3 Å². The molecule has 0 spiro atoms. The van der Waals surface area contributed by atoms with Crippen LogP contribution >= 0.6 is 0 Å². The van der Waals surface area contributed by atoms with Crippen LogP contribution in [0, 0.1) is 0 Å². The quantitative estimate of drug-likeness (QED) is 0.721. The van der Waals surface area contributed by atoms with Gasteiger partial charge in [0.15, 0.2) is 0 Å². The van der Waals surface area contributed by atoms with E-state index < -0.39 is 5.97 Å². The fourth-order valence-corrected chi connectivity index (χ4v) is 3.52. The van der Waals surface area contributed by atoms with Crippen molar-refractivity contribution in [3.8, 4) is 5.75 Å². The van der Waals surface area contributed by atoms with Crippen LogP contribution in [-0.2, 0) is 11.8 Å². The van der Waals surface area contributed by atoms with Crippen molar-refractivity contribution in [2.24, 2.45) is 0 Å². The maximum atomic E-state index is 11.3. The van der Waals surface area contributed by atoms with Crippen molar-refractivity contribution in [3.05, 3.63) is 64.8 Å². The van der Waals surface area contributed by atoms with Gasteiger partial charge in [-0.15, -0.1) is 0 Å². The smallest absolute Gasteiger partial charge is 0.335 e. The van der Waals surface area contributed by atoms with Gasteiger partial charge >= 0.3 is 5.97 Å². The first-order valence-corrected chi connectivity index (χ1v) is 8.51. The highest BCUT2D eigenvalue weighted by atomic mass is 16.5. The summed E-state index contributed by atoms with van der Waals surface area (Å²) in [6.45, 7) is 2.28. The highest BCUT2D eigenvalue weighted by Gasteiger charge is 2.42. The van der Waals surface area contributed by atoms with Crippen LogP contribution < -0.4 is 4.74 Å². The van der Waals surface area contributed by atoms with Crippen LogP contribution in [0.4, 0.5) is 0 Å². The van der Waals surface area contributed by atoms with E-state index in [2.05, 4.69) is 18.0 Å². The number of carboxylic acids is 1. The van der Waals surface area contributed by atoms with Gasteiger partial charge in [0.25, 0.3) is 0 Å². The Morgan fingerprint density at radius 3 is 2.72 bits per heavy atom. The zero-order valence-corrected chi connectivity index (χ0v) is 14.4. The summed E-state index contributed by atoms with van der Waals surface area (Å²) in [5.74, 6) is -0.0550. The number of rotatable bonds is 5. The predicted molar refractivity (Wildman–Crippen MR) is 97.6 cm³/mol. The van der Waals surface area contributed by atoms with Crippen LogP contribution in [0.3, 0.4) is 0 Å². The number of methoxy groups -OCH3 is 1.